The van der Waals surface area contributed by atoms with E-state index in [9.17, 15) is 13.2 Å². The lowest BCUT2D eigenvalue weighted by atomic mass is 10.0. The Morgan fingerprint density at radius 2 is 2.14 bits per heavy atom. The van der Waals surface area contributed by atoms with Crippen LogP contribution in [0.25, 0.3) is 0 Å². The molecule has 1 unspecified atom stereocenters. The summed E-state index contributed by atoms with van der Waals surface area (Å²) < 4.78 is 34.2. The second-order valence-corrected chi connectivity index (χ2v) is 9.17. The summed E-state index contributed by atoms with van der Waals surface area (Å²) in [5.74, 6) is 0.514. The van der Waals surface area contributed by atoms with Gasteiger partial charge in [-0.2, -0.15) is 5.10 Å². The van der Waals surface area contributed by atoms with Crippen molar-refractivity contribution in [2.45, 2.75) is 56.4 Å². The number of pyridine rings is 1. The van der Waals surface area contributed by atoms with Crippen LogP contribution in [0.4, 0.5) is 10.5 Å². The monoisotopic (exact) mass is 403 g/mol. The van der Waals surface area contributed by atoms with Crippen molar-refractivity contribution in [3.8, 4) is 5.88 Å². The van der Waals surface area contributed by atoms with E-state index in [1.807, 2.05) is 0 Å². The Morgan fingerprint density at radius 1 is 1.29 bits per heavy atom. The zero-order valence-corrected chi connectivity index (χ0v) is 16.3. The summed E-state index contributed by atoms with van der Waals surface area (Å²) in [5, 5.41) is 6.80. The van der Waals surface area contributed by atoms with Crippen molar-refractivity contribution >= 4 is 21.7 Å². The van der Waals surface area contributed by atoms with Crippen LogP contribution in [0.1, 0.15) is 48.2 Å². The van der Waals surface area contributed by atoms with E-state index in [0.29, 0.717) is 19.1 Å². The van der Waals surface area contributed by atoms with Crippen molar-refractivity contribution in [2.75, 3.05) is 11.9 Å². The van der Waals surface area contributed by atoms with Crippen molar-refractivity contribution < 1.29 is 17.9 Å². The number of hydrogen-bond acceptors (Lipinski definition) is 6. The van der Waals surface area contributed by atoms with Gasteiger partial charge in [0.15, 0.2) is 4.90 Å². The Hall–Kier alpha value is -2.62. The molecule has 9 nitrogen and oxygen atoms in total. The third-order valence-electron chi connectivity index (χ3n) is 5.71. The van der Waals surface area contributed by atoms with Crippen molar-refractivity contribution in [1.29, 1.82) is 0 Å². The molecular formula is C18H21N5O4S. The minimum Gasteiger partial charge on any atom is -0.475 e. The topological polar surface area (TPSA) is 115 Å². The summed E-state index contributed by atoms with van der Waals surface area (Å²) in [6, 6.07) is -0.778. The highest BCUT2D eigenvalue weighted by Crippen LogP contribution is 2.41. The quantitative estimate of drug-likeness (QED) is 0.806. The molecule has 2 aromatic heterocycles. The fourth-order valence-corrected chi connectivity index (χ4v) is 5.33. The first-order valence-electron chi connectivity index (χ1n) is 9.51. The maximum atomic E-state index is 12.7. The lowest BCUT2D eigenvalue weighted by molar-refractivity contribution is 0.256. The number of aryl methyl sites for hydroxylation is 1. The van der Waals surface area contributed by atoms with Crippen LogP contribution in [0.15, 0.2) is 11.1 Å². The van der Waals surface area contributed by atoms with Gasteiger partial charge in [0.05, 0.1) is 18.4 Å². The Bertz CT molecular complexity index is 1090. The first-order valence-corrected chi connectivity index (χ1v) is 11.0. The summed E-state index contributed by atoms with van der Waals surface area (Å²) in [5.41, 5.74) is 4.87. The third-order valence-corrected chi connectivity index (χ3v) is 7.02. The van der Waals surface area contributed by atoms with Crippen LogP contribution in [0.3, 0.4) is 0 Å². The SMILES string of the molecule is CC1CCc2c1nc1c(c2NC(=O)NS(=O)(=O)c2cnn3c2OCC3)CCC1. The predicted octanol–water partition coefficient (Wildman–Crippen LogP) is 1.72. The highest BCUT2D eigenvalue weighted by atomic mass is 32.2. The van der Waals surface area contributed by atoms with Gasteiger partial charge in [0, 0.05) is 11.4 Å². The van der Waals surface area contributed by atoms with Gasteiger partial charge in [-0.05, 0) is 49.1 Å². The van der Waals surface area contributed by atoms with Gasteiger partial charge in [-0.15, -0.1) is 0 Å². The van der Waals surface area contributed by atoms with Crippen LogP contribution in [0.2, 0.25) is 0 Å². The maximum absolute atomic E-state index is 12.7. The molecule has 0 fully saturated rings. The molecule has 1 aliphatic heterocycles. The molecule has 0 spiro atoms. The minimum atomic E-state index is -4.09. The van der Waals surface area contributed by atoms with Gasteiger partial charge in [-0.25, -0.2) is 22.6 Å². The third kappa shape index (κ3) is 2.66. The predicted molar refractivity (Wildman–Crippen MR) is 100 cm³/mol. The number of anilines is 1. The molecule has 0 radical (unpaired) electrons. The van der Waals surface area contributed by atoms with Crippen LogP contribution in [0, 0.1) is 0 Å². The van der Waals surface area contributed by atoms with E-state index in [1.165, 1.54) is 10.9 Å². The van der Waals surface area contributed by atoms with Gasteiger partial charge in [0.2, 0.25) is 5.88 Å². The lowest BCUT2D eigenvalue weighted by Crippen LogP contribution is -2.35. The van der Waals surface area contributed by atoms with Crippen molar-refractivity contribution in [2.24, 2.45) is 0 Å². The maximum Gasteiger partial charge on any atom is 0.333 e. The normalized spacial score (nSPS) is 19.7. The first kappa shape index (κ1) is 17.5. The van der Waals surface area contributed by atoms with E-state index in [2.05, 4.69) is 22.1 Å². The number of urea groups is 1. The van der Waals surface area contributed by atoms with Gasteiger partial charge >= 0.3 is 6.03 Å². The number of rotatable bonds is 3. The molecule has 0 saturated carbocycles. The highest BCUT2D eigenvalue weighted by Gasteiger charge is 2.32. The minimum absolute atomic E-state index is 0.126. The molecule has 3 heterocycles. The van der Waals surface area contributed by atoms with Gasteiger partial charge in [-0.3, -0.25) is 4.98 Å². The number of sulfonamides is 1. The second kappa shape index (κ2) is 6.20. The molecule has 0 aromatic carbocycles. The molecule has 2 N–H and O–H groups in total. The summed E-state index contributed by atoms with van der Waals surface area (Å²) in [6.45, 7) is 2.99. The number of nitrogens with one attached hydrogen (secondary N) is 2. The molecule has 0 saturated heterocycles. The molecule has 2 aromatic rings. The summed E-state index contributed by atoms with van der Waals surface area (Å²) in [6.07, 6.45) is 5.76. The summed E-state index contributed by atoms with van der Waals surface area (Å²) >= 11 is 0. The fraction of sp³-hybridized carbons (Fsp3) is 0.500. The molecule has 3 aliphatic rings. The Labute approximate surface area is 162 Å². The van der Waals surface area contributed by atoms with Crippen molar-refractivity contribution in [3.63, 3.8) is 0 Å². The Kier molecular flexibility index (Phi) is 3.87. The molecule has 2 amide bonds. The lowest BCUT2D eigenvalue weighted by Gasteiger charge is -2.16. The first-order chi connectivity index (χ1) is 13.4. The summed E-state index contributed by atoms with van der Waals surface area (Å²) in [7, 11) is -4.09. The average molecular weight is 403 g/mol. The zero-order chi connectivity index (χ0) is 19.5. The average Bonchev–Trinajstić information content (AvgIpc) is 3.38. The fourth-order valence-electron chi connectivity index (χ4n) is 4.34. The van der Waals surface area contributed by atoms with Gasteiger partial charge < -0.3 is 10.1 Å². The molecule has 1 atom stereocenters. The Balaban J connectivity index is 1.43. The number of ether oxygens (including phenoxy) is 1. The smallest absolute Gasteiger partial charge is 0.333 e. The molecular weight excluding hydrogens is 382 g/mol. The van der Waals surface area contributed by atoms with Gasteiger partial charge in [0.1, 0.15) is 6.61 Å². The van der Waals surface area contributed by atoms with E-state index < -0.39 is 16.1 Å². The molecule has 0 bridgehead atoms. The molecule has 28 heavy (non-hydrogen) atoms. The van der Waals surface area contributed by atoms with Crippen LogP contribution >= 0.6 is 0 Å². The van der Waals surface area contributed by atoms with E-state index in [-0.39, 0.29) is 10.8 Å². The van der Waals surface area contributed by atoms with Crippen LogP contribution < -0.4 is 14.8 Å². The van der Waals surface area contributed by atoms with Gasteiger partial charge in [0.25, 0.3) is 10.0 Å². The zero-order valence-electron chi connectivity index (χ0n) is 15.5. The van der Waals surface area contributed by atoms with E-state index in [0.717, 1.165) is 60.3 Å². The second-order valence-electron chi connectivity index (χ2n) is 7.51. The van der Waals surface area contributed by atoms with Crippen molar-refractivity contribution in [1.82, 2.24) is 19.5 Å². The number of aromatic nitrogens is 3. The van der Waals surface area contributed by atoms with Crippen LogP contribution in [-0.4, -0.2) is 35.8 Å². The van der Waals surface area contributed by atoms with E-state index in [4.69, 9.17) is 9.72 Å². The standard InChI is InChI=1S/C18H21N5O4S/c1-10-5-6-12-15(10)20-13-4-2-3-11(13)16(12)21-18(24)22-28(25,26)14-9-19-23-7-8-27-17(14)23/h9-10H,2-8H2,1H3,(H2,20,21,22,24). The van der Waals surface area contributed by atoms with Gasteiger partial charge in [-0.1, -0.05) is 6.92 Å². The number of carbonyl (C=O) groups excluding carboxylic acids is 1. The van der Waals surface area contributed by atoms with Crippen LogP contribution in [-0.2, 0) is 35.8 Å². The van der Waals surface area contributed by atoms with Crippen LogP contribution in [0.5, 0.6) is 5.88 Å². The molecule has 2 aliphatic carbocycles. The van der Waals surface area contributed by atoms with E-state index in [1.54, 1.807) is 0 Å². The number of fused-ring (bicyclic) bond motifs is 3. The van der Waals surface area contributed by atoms with E-state index >= 15 is 0 Å². The summed E-state index contributed by atoms with van der Waals surface area (Å²) in [4.78, 5) is 17.3. The Morgan fingerprint density at radius 3 is 3.00 bits per heavy atom. The molecule has 148 valence electrons. The largest absolute Gasteiger partial charge is 0.475 e. The number of carbonyl (C=O) groups is 1. The van der Waals surface area contributed by atoms with Crippen molar-refractivity contribution in [3.05, 3.63) is 28.7 Å². The number of nitrogens with zero attached hydrogens (tertiary/aromatic N) is 3. The molecule has 10 heteroatoms. The molecule has 5 rings (SSSR count). The number of hydrogen-bond donors (Lipinski definition) is 2. The number of amides is 2. The highest BCUT2D eigenvalue weighted by molar-refractivity contribution is 7.90.